The lowest BCUT2D eigenvalue weighted by atomic mass is 9.95. The Balaban J connectivity index is 1.47. The first kappa shape index (κ1) is 19.4. The van der Waals surface area contributed by atoms with Gasteiger partial charge in [0.1, 0.15) is 0 Å². The van der Waals surface area contributed by atoms with Crippen molar-refractivity contribution in [1.29, 1.82) is 0 Å². The highest BCUT2D eigenvalue weighted by Crippen LogP contribution is 2.18. The zero-order valence-corrected chi connectivity index (χ0v) is 16.7. The summed E-state index contributed by atoms with van der Waals surface area (Å²) in [4.78, 5) is 24.4. The maximum Gasteiger partial charge on any atom is 0.251 e. The van der Waals surface area contributed by atoms with E-state index in [4.69, 9.17) is 0 Å². The number of rotatable bonds is 6. The molecule has 0 aromatic heterocycles. The van der Waals surface area contributed by atoms with Gasteiger partial charge in [0.15, 0.2) is 0 Å². The summed E-state index contributed by atoms with van der Waals surface area (Å²) >= 11 is 3.38. The van der Waals surface area contributed by atoms with Crippen LogP contribution in [0.3, 0.4) is 0 Å². The van der Waals surface area contributed by atoms with Gasteiger partial charge in [-0.1, -0.05) is 35.2 Å². The Labute approximate surface area is 168 Å². The molecule has 1 aliphatic rings. The Morgan fingerprint density at radius 2 is 1.52 bits per heavy atom. The van der Waals surface area contributed by atoms with Crippen LogP contribution in [0.1, 0.15) is 42.5 Å². The molecule has 0 bridgehead atoms. The topological polar surface area (TPSA) is 70.2 Å². The van der Waals surface area contributed by atoms with Gasteiger partial charge in [0.25, 0.3) is 5.91 Å². The second-order valence-corrected chi connectivity index (χ2v) is 7.71. The molecule has 2 amide bonds. The Kier molecular flexibility index (Phi) is 6.87. The highest BCUT2D eigenvalue weighted by molar-refractivity contribution is 9.10. The molecule has 142 valence electrons. The van der Waals surface area contributed by atoms with Gasteiger partial charge >= 0.3 is 0 Å². The van der Waals surface area contributed by atoms with Crippen LogP contribution in [0, 0.1) is 0 Å². The summed E-state index contributed by atoms with van der Waals surface area (Å²) in [6.45, 7) is 0.172. The van der Waals surface area contributed by atoms with Crippen LogP contribution in [0.25, 0.3) is 0 Å². The van der Waals surface area contributed by atoms with Crippen LogP contribution >= 0.6 is 15.9 Å². The number of amides is 2. The lowest BCUT2D eigenvalue weighted by molar-refractivity contribution is -0.114. The molecule has 0 spiro atoms. The molecule has 2 aromatic rings. The van der Waals surface area contributed by atoms with Gasteiger partial charge in [-0.05, 0) is 61.4 Å². The molecule has 3 rings (SSSR count). The molecule has 0 heterocycles. The van der Waals surface area contributed by atoms with Crippen molar-refractivity contribution in [1.82, 2.24) is 5.32 Å². The van der Waals surface area contributed by atoms with Crippen molar-refractivity contribution < 1.29 is 9.59 Å². The van der Waals surface area contributed by atoms with E-state index in [0.29, 0.717) is 11.3 Å². The Bertz CT molecular complexity index is 769. The Morgan fingerprint density at radius 3 is 2.19 bits per heavy atom. The summed E-state index contributed by atoms with van der Waals surface area (Å²) in [6.07, 6.45) is 5.75. The fourth-order valence-corrected chi connectivity index (χ4v) is 3.44. The molecule has 0 radical (unpaired) electrons. The van der Waals surface area contributed by atoms with E-state index in [9.17, 15) is 9.59 Å². The second-order valence-electron chi connectivity index (χ2n) is 6.79. The second kappa shape index (κ2) is 9.55. The van der Waals surface area contributed by atoms with Crippen LogP contribution in [-0.4, -0.2) is 24.4 Å². The van der Waals surface area contributed by atoms with Gasteiger partial charge in [0.05, 0.1) is 6.54 Å². The number of nitrogens with one attached hydrogen (secondary N) is 3. The third-order valence-corrected chi connectivity index (χ3v) is 5.20. The molecule has 6 heteroatoms. The summed E-state index contributed by atoms with van der Waals surface area (Å²) in [7, 11) is 0. The first-order valence-electron chi connectivity index (χ1n) is 9.30. The molecule has 0 saturated heterocycles. The van der Waals surface area contributed by atoms with Crippen molar-refractivity contribution in [2.24, 2.45) is 0 Å². The highest BCUT2D eigenvalue weighted by Gasteiger charge is 2.16. The molecule has 2 aromatic carbocycles. The maximum atomic E-state index is 12.3. The maximum absolute atomic E-state index is 12.3. The van der Waals surface area contributed by atoms with E-state index < -0.39 is 0 Å². The Morgan fingerprint density at radius 1 is 0.889 bits per heavy atom. The first-order chi connectivity index (χ1) is 13.1. The first-order valence-corrected chi connectivity index (χ1v) is 10.1. The number of carbonyl (C=O) groups excluding carboxylic acids is 2. The lowest BCUT2D eigenvalue weighted by Gasteiger charge is -2.22. The smallest absolute Gasteiger partial charge is 0.251 e. The molecule has 27 heavy (non-hydrogen) atoms. The van der Waals surface area contributed by atoms with Crippen LogP contribution in [0.4, 0.5) is 11.4 Å². The van der Waals surface area contributed by atoms with Gasteiger partial charge < -0.3 is 16.0 Å². The number of halogens is 1. The SMILES string of the molecule is O=C(CNc1ccc(Br)cc1)Nc1ccc(C(=O)NC2CCCCC2)cc1. The van der Waals surface area contributed by atoms with Crippen molar-refractivity contribution in [2.45, 2.75) is 38.1 Å². The fourth-order valence-electron chi connectivity index (χ4n) is 3.18. The van der Waals surface area contributed by atoms with Gasteiger partial charge in [-0.3, -0.25) is 9.59 Å². The normalized spacial score (nSPS) is 14.4. The molecule has 1 aliphatic carbocycles. The van der Waals surface area contributed by atoms with Crippen LogP contribution in [0.15, 0.2) is 53.0 Å². The van der Waals surface area contributed by atoms with Crippen molar-refractivity contribution >= 4 is 39.1 Å². The quantitative estimate of drug-likeness (QED) is 0.629. The number of benzene rings is 2. The molecule has 0 aliphatic heterocycles. The summed E-state index contributed by atoms with van der Waals surface area (Å²) in [5.41, 5.74) is 2.17. The Hall–Kier alpha value is -2.34. The monoisotopic (exact) mass is 429 g/mol. The predicted molar refractivity (Wildman–Crippen MR) is 112 cm³/mol. The predicted octanol–water partition coefficient (Wildman–Crippen LogP) is 4.56. The molecular weight excluding hydrogens is 406 g/mol. The molecule has 1 saturated carbocycles. The molecule has 3 N–H and O–H groups in total. The largest absolute Gasteiger partial charge is 0.376 e. The summed E-state index contributed by atoms with van der Waals surface area (Å²) < 4.78 is 0.991. The number of carbonyl (C=O) groups is 2. The van der Waals surface area contributed by atoms with Gasteiger partial charge in [0, 0.05) is 27.5 Å². The lowest BCUT2D eigenvalue weighted by Crippen LogP contribution is -2.36. The number of hydrogen-bond donors (Lipinski definition) is 3. The van der Waals surface area contributed by atoms with Crippen LogP contribution < -0.4 is 16.0 Å². The molecule has 5 nitrogen and oxygen atoms in total. The van der Waals surface area contributed by atoms with Crippen molar-refractivity contribution in [3.05, 3.63) is 58.6 Å². The van der Waals surface area contributed by atoms with Crippen LogP contribution in [0.5, 0.6) is 0 Å². The molecule has 1 fully saturated rings. The molecular formula is C21H24BrN3O2. The van der Waals surface area contributed by atoms with E-state index in [2.05, 4.69) is 31.9 Å². The van der Waals surface area contributed by atoms with Crippen molar-refractivity contribution in [2.75, 3.05) is 17.2 Å². The summed E-state index contributed by atoms with van der Waals surface area (Å²) in [5, 5.41) is 9.00. The highest BCUT2D eigenvalue weighted by atomic mass is 79.9. The van der Waals surface area contributed by atoms with E-state index in [1.807, 2.05) is 24.3 Å². The van der Waals surface area contributed by atoms with E-state index in [-0.39, 0.29) is 24.4 Å². The third kappa shape index (κ3) is 6.10. The van der Waals surface area contributed by atoms with Gasteiger partial charge in [-0.25, -0.2) is 0 Å². The van der Waals surface area contributed by atoms with Crippen molar-refractivity contribution in [3.8, 4) is 0 Å². The van der Waals surface area contributed by atoms with Crippen LogP contribution in [0.2, 0.25) is 0 Å². The van der Waals surface area contributed by atoms with Crippen LogP contribution in [-0.2, 0) is 4.79 Å². The van der Waals surface area contributed by atoms with E-state index in [0.717, 1.165) is 23.0 Å². The molecule has 0 unspecified atom stereocenters. The summed E-state index contributed by atoms with van der Waals surface area (Å²) in [5.74, 6) is -0.186. The van der Waals surface area contributed by atoms with Crippen molar-refractivity contribution in [3.63, 3.8) is 0 Å². The average molecular weight is 430 g/mol. The minimum atomic E-state index is -0.141. The zero-order valence-electron chi connectivity index (χ0n) is 15.1. The van der Waals surface area contributed by atoms with Gasteiger partial charge in [0.2, 0.25) is 5.91 Å². The van der Waals surface area contributed by atoms with Gasteiger partial charge in [-0.2, -0.15) is 0 Å². The number of hydrogen-bond acceptors (Lipinski definition) is 3. The standard InChI is InChI=1S/C21H24BrN3O2/c22-16-8-12-17(13-9-16)23-14-20(26)24-19-10-6-15(7-11-19)21(27)25-18-4-2-1-3-5-18/h6-13,18,23H,1-5,14H2,(H,24,26)(H,25,27). The third-order valence-electron chi connectivity index (χ3n) is 4.67. The zero-order chi connectivity index (χ0) is 19.1. The number of anilines is 2. The summed E-state index contributed by atoms with van der Waals surface area (Å²) in [6, 6.07) is 14.9. The van der Waals surface area contributed by atoms with E-state index in [1.165, 1.54) is 19.3 Å². The van der Waals surface area contributed by atoms with E-state index >= 15 is 0 Å². The molecule has 0 atom stereocenters. The minimum Gasteiger partial charge on any atom is -0.376 e. The fraction of sp³-hybridized carbons (Fsp3) is 0.333. The van der Waals surface area contributed by atoms with E-state index in [1.54, 1.807) is 24.3 Å². The minimum absolute atomic E-state index is 0.0447. The average Bonchev–Trinajstić information content (AvgIpc) is 2.69. The van der Waals surface area contributed by atoms with Gasteiger partial charge in [-0.15, -0.1) is 0 Å².